The fourth-order valence-corrected chi connectivity index (χ4v) is 1.11. The third-order valence-corrected chi connectivity index (χ3v) is 2.06. The molecule has 1 amide bonds. The molecule has 4 heteroatoms. The Kier molecular flexibility index (Phi) is 5.11. The van der Waals surface area contributed by atoms with Crippen molar-refractivity contribution in [2.24, 2.45) is 0 Å². The first-order valence-electron chi connectivity index (χ1n) is 4.46. The van der Waals surface area contributed by atoms with Crippen LogP contribution in [0.2, 0.25) is 0 Å². The third kappa shape index (κ3) is 4.50. The molecular formula is C9H17NO3. The van der Waals surface area contributed by atoms with E-state index in [-0.39, 0.29) is 11.9 Å². The van der Waals surface area contributed by atoms with E-state index in [1.54, 1.807) is 7.05 Å². The monoisotopic (exact) mass is 187 g/mol. The Morgan fingerprint density at radius 1 is 1.46 bits per heavy atom. The van der Waals surface area contributed by atoms with E-state index in [0.29, 0.717) is 0 Å². The largest absolute Gasteiger partial charge is 0.481 e. The number of hydrogen-bond acceptors (Lipinski definition) is 2. The average Bonchev–Trinajstić information content (AvgIpc) is 2.02. The quantitative estimate of drug-likeness (QED) is 0.656. The average molecular weight is 187 g/mol. The Labute approximate surface area is 78.5 Å². The lowest BCUT2D eigenvalue weighted by molar-refractivity contribution is -0.144. The smallest absolute Gasteiger partial charge is 0.312 e. The van der Waals surface area contributed by atoms with Crippen LogP contribution in [-0.2, 0) is 9.59 Å². The van der Waals surface area contributed by atoms with Crippen molar-refractivity contribution in [2.45, 2.75) is 39.2 Å². The summed E-state index contributed by atoms with van der Waals surface area (Å²) in [6, 6.07) is 0.122. The third-order valence-electron chi connectivity index (χ3n) is 2.06. The lowest BCUT2D eigenvalue weighted by Crippen LogP contribution is -2.36. The second kappa shape index (κ2) is 5.56. The Morgan fingerprint density at radius 3 is 2.38 bits per heavy atom. The molecule has 0 aliphatic carbocycles. The molecule has 0 saturated heterocycles. The summed E-state index contributed by atoms with van der Waals surface area (Å²) in [5, 5.41) is 8.40. The fourth-order valence-electron chi connectivity index (χ4n) is 1.11. The first-order valence-corrected chi connectivity index (χ1v) is 4.46. The lowest BCUT2D eigenvalue weighted by atomic mass is 10.1. The lowest BCUT2D eigenvalue weighted by Gasteiger charge is -2.23. The number of carboxylic acids is 1. The van der Waals surface area contributed by atoms with Gasteiger partial charge in [0.25, 0.3) is 0 Å². The van der Waals surface area contributed by atoms with Crippen molar-refractivity contribution in [1.82, 2.24) is 4.90 Å². The minimum atomic E-state index is -1.07. The number of amides is 1. The van der Waals surface area contributed by atoms with Gasteiger partial charge in [-0.1, -0.05) is 13.3 Å². The molecule has 0 aromatic heterocycles. The van der Waals surface area contributed by atoms with Crippen molar-refractivity contribution in [3.63, 3.8) is 0 Å². The van der Waals surface area contributed by atoms with Crippen LogP contribution in [0, 0.1) is 0 Å². The predicted molar refractivity (Wildman–Crippen MR) is 49.4 cm³/mol. The maximum atomic E-state index is 11.2. The van der Waals surface area contributed by atoms with E-state index >= 15 is 0 Å². The number of nitrogens with zero attached hydrogens (tertiary/aromatic N) is 1. The summed E-state index contributed by atoms with van der Waals surface area (Å²) in [6.45, 7) is 3.95. The highest BCUT2D eigenvalue weighted by molar-refractivity contribution is 5.93. The molecule has 1 atom stereocenters. The van der Waals surface area contributed by atoms with Gasteiger partial charge in [0, 0.05) is 13.1 Å². The number of carbonyl (C=O) groups is 2. The van der Waals surface area contributed by atoms with Crippen LogP contribution in [0.4, 0.5) is 0 Å². The molecule has 0 aliphatic rings. The molecule has 13 heavy (non-hydrogen) atoms. The van der Waals surface area contributed by atoms with E-state index in [9.17, 15) is 9.59 Å². The second-order valence-corrected chi connectivity index (χ2v) is 3.21. The minimum Gasteiger partial charge on any atom is -0.481 e. The first kappa shape index (κ1) is 11.9. The van der Waals surface area contributed by atoms with Crippen molar-refractivity contribution < 1.29 is 14.7 Å². The Balaban J connectivity index is 4.01. The fraction of sp³-hybridized carbons (Fsp3) is 0.778. The number of carbonyl (C=O) groups excluding carboxylic acids is 1. The van der Waals surface area contributed by atoms with Crippen molar-refractivity contribution in [1.29, 1.82) is 0 Å². The zero-order valence-electron chi connectivity index (χ0n) is 8.41. The van der Waals surface area contributed by atoms with Crippen molar-refractivity contribution in [3.05, 3.63) is 0 Å². The predicted octanol–water partition coefficient (Wildman–Crippen LogP) is 1.11. The number of carboxylic acid groups (broad SMARTS) is 1. The molecular weight excluding hydrogens is 170 g/mol. The van der Waals surface area contributed by atoms with Crippen LogP contribution in [0.15, 0.2) is 0 Å². The Bertz CT molecular complexity index is 191. The summed E-state index contributed by atoms with van der Waals surface area (Å²) in [5.74, 6) is -1.39. The molecule has 0 aliphatic heterocycles. The molecule has 0 rings (SSSR count). The van der Waals surface area contributed by atoms with E-state index in [1.807, 2.05) is 13.8 Å². The number of hydrogen-bond donors (Lipinski definition) is 1. The molecule has 0 aromatic rings. The van der Waals surface area contributed by atoms with Crippen LogP contribution < -0.4 is 0 Å². The molecule has 0 heterocycles. The van der Waals surface area contributed by atoms with Gasteiger partial charge in [-0.15, -0.1) is 0 Å². The first-order chi connectivity index (χ1) is 5.99. The van der Waals surface area contributed by atoms with Crippen molar-refractivity contribution in [2.75, 3.05) is 7.05 Å². The van der Waals surface area contributed by atoms with Gasteiger partial charge in [-0.25, -0.2) is 0 Å². The topological polar surface area (TPSA) is 57.6 Å². The van der Waals surface area contributed by atoms with Gasteiger partial charge in [-0.05, 0) is 13.3 Å². The maximum Gasteiger partial charge on any atom is 0.312 e. The molecule has 0 radical (unpaired) electrons. The molecule has 0 fully saturated rings. The van der Waals surface area contributed by atoms with Gasteiger partial charge in [0.05, 0.1) is 0 Å². The molecule has 0 aromatic carbocycles. The molecule has 4 nitrogen and oxygen atoms in total. The van der Waals surface area contributed by atoms with Crippen LogP contribution >= 0.6 is 0 Å². The standard InChI is InChI=1S/C9H17NO3/c1-4-5-7(2)10(3)8(11)6-9(12)13/h7H,4-6H2,1-3H3,(H,12,13). The van der Waals surface area contributed by atoms with Gasteiger partial charge >= 0.3 is 5.97 Å². The Morgan fingerprint density at radius 2 is 2.00 bits per heavy atom. The van der Waals surface area contributed by atoms with Crippen molar-refractivity contribution in [3.8, 4) is 0 Å². The second-order valence-electron chi connectivity index (χ2n) is 3.21. The summed E-state index contributed by atoms with van der Waals surface area (Å²) in [7, 11) is 1.64. The van der Waals surface area contributed by atoms with Gasteiger partial charge in [-0.3, -0.25) is 9.59 Å². The van der Waals surface area contributed by atoms with E-state index in [4.69, 9.17) is 5.11 Å². The maximum absolute atomic E-state index is 11.2. The van der Waals surface area contributed by atoms with Gasteiger partial charge in [0.2, 0.25) is 5.91 Å². The van der Waals surface area contributed by atoms with Crippen LogP contribution in [-0.4, -0.2) is 35.0 Å². The summed E-state index contributed by atoms with van der Waals surface area (Å²) in [6.07, 6.45) is 1.48. The van der Waals surface area contributed by atoms with Gasteiger partial charge in [0.1, 0.15) is 6.42 Å². The molecule has 1 unspecified atom stereocenters. The van der Waals surface area contributed by atoms with Crippen LogP contribution in [0.25, 0.3) is 0 Å². The minimum absolute atomic E-state index is 0.122. The SMILES string of the molecule is CCCC(C)N(C)C(=O)CC(=O)O. The number of rotatable bonds is 5. The summed E-state index contributed by atoms with van der Waals surface area (Å²) < 4.78 is 0. The van der Waals surface area contributed by atoms with E-state index in [0.717, 1.165) is 12.8 Å². The highest BCUT2D eigenvalue weighted by atomic mass is 16.4. The normalized spacial score (nSPS) is 12.2. The zero-order chi connectivity index (χ0) is 10.4. The molecule has 0 saturated carbocycles. The van der Waals surface area contributed by atoms with Gasteiger partial charge in [-0.2, -0.15) is 0 Å². The summed E-state index contributed by atoms with van der Waals surface area (Å²) in [5.41, 5.74) is 0. The summed E-state index contributed by atoms with van der Waals surface area (Å²) in [4.78, 5) is 23.0. The van der Waals surface area contributed by atoms with Crippen LogP contribution in [0.1, 0.15) is 33.1 Å². The van der Waals surface area contributed by atoms with E-state index in [2.05, 4.69) is 0 Å². The zero-order valence-corrected chi connectivity index (χ0v) is 8.41. The highest BCUT2D eigenvalue weighted by Gasteiger charge is 2.17. The molecule has 76 valence electrons. The van der Waals surface area contributed by atoms with Crippen LogP contribution in [0.3, 0.4) is 0 Å². The van der Waals surface area contributed by atoms with Crippen LogP contribution in [0.5, 0.6) is 0 Å². The highest BCUT2D eigenvalue weighted by Crippen LogP contribution is 2.05. The number of aliphatic carboxylic acids is 1. The van der Waals surface area contributed by atoms with E-state index < -0.39 is 12.4 Å². The summed E-state index contributed by atoms with van der Waals surface area (Å²) >= 11 is 0. The van der Waals surface area contributed by atoms with Crippen molar-refractivity contribution >= 4 is 11.9 Å². The van der Waals surface area contributed by atoms with Gasteiger partial charge in [0.15, 0.2) is 0 Å². The van der Waals surface area contributed by atoms with E-state index in [1.165, 1.54) is 4.90 Å². The molecule has 0 spiro atoms. The molecule has 0 bridgehead atoms. The van der Waals surface area contributed by atoms with Gasteiger partial charge < -0.3 is 10.0 Å². The molecule has 1 N–H and O–H groups in total. The Hall–Kier alpha value is -1.06.